The average molecular weight is 191 g/mol. The summed E-state index contributed by atoms with van der Waals surface area (Å²) >= 11 is 0. The molecule has 0 N–H and O–H groups in total. The second-order valence-electron chi connectivity index (χ2n) is 3.10. The summed E-state index contributed by atoms with van der Waals surface area (Å²) < 4.78 is 5.36. The lowest BCUT2D eigenvalue weighted by molar-refractivity contribution is 0.136. The first-order valence-corrected chi connectivity index (χ1v) is 4.90. The summed E-state index contributed by atoms with van der Waals surface area (Å²) in [6.45, 7) is 1.38. The van der Waals surface area contributed by atoms with E-state index in [0.29, 0.717) is 13.0 Å². The van der Waals surface area contributed by atoms with Crippen molar-refractivity contribution in [3.63, 3.8) is 0 Å². The van der Waals surface area contributed by atoms with Crippen LogP contribution in [0.5, 0.6) is 0 Å². The number of hydrogen-bond donors (Lipinski definition) is 0. The number of ether oxygens (including phenoxy) is 1. The monoisotopic (exact) mass is 191 g/mol. The zero-order valence-corrected chi connectivity index (χ0v) is 8.24. The molecule has 0 aliphatic carbocycles. The molecule has 2 heteroatoms. The highest BCUT2D eigenvalue weighted by Gasteiger charge is 1.92. The van der Waals surface area contributed by atoms with Crippen LogP contribution in [0.25, 0.3) is 0 Å². The zero-order chi connectivity index (χ0) is 10.1. The Balaban J connectivity index is 2.02. The molecule has 0 amide bonds. The van der Waals surface area contributed by atoms with E-state index in [2.05, 4.69) is 12.1 Å². The fourth-order valence-corrected chi connectivity index (χ4v) is 1.18. The molecule has 0 heterocycles. The Labute approximate surface area is 84.9 Å². The lowest BCUT2D eigenvalue weighted by atomic mass is 10.2. The van der Waals surface area contributed by atoms with Crippen molar-refractivity contribution in [2.24, 2.45) is 0 Å². The zero-order valence-electron chi connectivity index (χ0n) is 8.24. The number of carbonyl (C=O) groups excluding carboxylic acids is 1. The molecule has 0 saturated carbocycles. The Morgan fingerprint density at radius 3 is 2.64 bits per heavy atom. The fourth-order valence-electron chi connectivity index (χ4n) is 1.18. The van der Waals surface area contributed by atoms with E-state index < -0.39 is 0 Å². The lowest BCUT2D eigenvalue weighted by Gasteiger charge is -2.02. The van der Waals surface area contributed by atoms with Crippen molar-refractivity contribution in [1.82, 2.24) is 0 Å². The lowest BCUT2D eigenvalue weighted by Crippen LogP contribution is -2.00. The van der Waals surface area contributed by atoms with Gasteiger partial charge >= 0.3 is 0 Å². The first-order valence-electron chi connectivity index (χ1n) is 4.90. The summed E-state index contributed by atoms with van der Waals surface area (Å²) in [6, 6.07) is 10.2. The molecule has 1 rings (SSSR count). The molecule has 0 spiro atoms. The van der Waals surface area contributed by atoms with E-state index in [1.165, 1.54) is 5.56 Å². The average Bonchev–Trinajstić information content (AvgIpc) is 2.25. The van der Waals surface area contributed by atoms with Gasteiger partial charge in [0.25, 0.3) is 0 Å². The van der Waals surface area contributed by atoms with E-state index in [0.717, 1.165) is 19.4 Å². The van der Waals surface area contributed by atoms with Crippen molar-refractivity contribution in [3.8, 4) is 0 Å². The van der Waals surface area contributed by atoms with Crippen LogP contribution in [0.4, 0.5) is 0 Å². The Kier molecular flexibility index (Phi) is 5.68. The van der Waals surface area contributed by atoms with Crippen molar-refractivity contribution >= 4 is 6.29 Å². The Hall–Kier alpha value is -1.15. The van der Waals surface area contributed by atoms with Gasteiger partial charge in [0, 0.05) is 13.0 Å². The summed E-state index contributed by atoms with van der Waals surface area (Å²) in [5.41, 5.74) is 1.29. The molecule has 14 heavy (non-hydrogen) atoms. The van der Waals surface area contributed by atoms with Crippen molar-refractivity contribution in [2.75, 3.05) is 13.2 Å². The normalized spacial score (nSPS) is 10.0. The van der Waals surface area contributed by atoms with Gasteiger partial charge in [0.1, 0.15) is 0 Å². The van der Waals surface area contributed by atoms with Gasteiger partial charge in [0.05, 0.1) is 6.61 Å². The van der Waals surface area contributed by atoms with Crippen LogP contribution in [0.15, 0.2) is 30.3 Å². The van der Waals surface area contributed by atoms with Crippen molar-refractivity contribution < 1.29 is 9.53 Å². The Morgan fingerprint density at radius 2 is 1.93 bits per heavy atom. The van der Waals surface area contributed by atoms with Crippen molar-refractivity contribution in [3.05, 3.63) is 35.9 Å². The van der Waals surface area contributed by atoms with Gasteiger partial charge in [-0.2, -0.15) is 0 Å². The SMILES string of the molecule is O=[C]CCCOCCc1ccccc1. The molecule has 0 aliphatic heterocycles. The summed E-state index contributed by atoms with van der Waals surface area (Å²) in [4.78, 5) is 9.88. The minimum Gasteiger partial charge on any atom is -0.381 e. The highest BCUT2D eigenvalue weighted by Crippen LogP contribution is 1.99. The van der Waals surface area contributed by atoms with Gasteiger partial charge in [0.2, 0.25) is 0 Å². The third-order valence-corrected chi connectivity index (χ3v) is 1.95. The highest BCUT2D eigenvalue weighted by atomic mass is 16.5. The quantitative estimate of drug-likeness (QED) is 0.617. The van der Waals surface area contributed by atoms with E-state index >= 15 is 0 Å². The molecule has 2 nitrogen and oxygen atoms in total. The van der Waals surface area contributed by atoms with Crippen molar-refractivity contribution in [2.45, 2.75) is 19.3 Å². The van der Waals surface area contributed by atoms with Gasteiger partial charge in [-0.05, 0) is 18.4 Å². The molecule has 75 valence electrons. The van der Waals surface area contributed by atoms with Crippen molar-refractivity contribution in [1.29, 1.82) is 0 Å². The molecular weight excluding hydrogens is 176 g/mol. The smallest absolute Gasteiger partial charge is 0.198 e. The minimum absolute atomic E-state index is 0.478. The largest absolute Gasteiger partial charge is 0.381 e. The molecule has 0 unspecified atom stereocenters. The summed E-state index contributed by atoms with van der Waals surface area (Å²) in [6.07, 6.45) is 4.04. The second-order valence-corrected chi connectivity index (χ2v) is 3.10. The number of unbranched alkanes of at least 4 members (excludes halogenated alkanes) is 1. The van der Waals surface area contributed by atoms with E-state index in [-0.39, 0.29) is 0 Å². The molecular formula is C12H15O2. The fraction of sp³-hybridized carbons (Fsp3) is 0.417. The minimum atomic E-state index is 0.478. The maximum Gasteiger partial charge on any atom is 0.198 e. The topological polar surface area (TPSA) is 26.3 Å². The third kappa shape index (κ3) is 4.77. The maximum atomic E-state index is 9.88. The van der Waals surface area contributed by atoms with Gasteiger partial charge in [-0.1, -0.05) is 30.3 Å². The molecule has 0 saturated heterocycles. The van der Waals surface area contributed by atoms with Crippen LogP contribution in [0.1, 0.15) is 18.4 Å². The second kappa shape index (κ2) is 7.27. The molecule has 1 radical (unpaired) electrons. The van der Waals surface area contributed by atoms with Gasteiger partial charge in [-0.25, -0.2) is 0 Å². The van der Waals surface area contributed by atoms with Gasteiger partial charge < -0.3 is 4.74 Å². The highest BCUT2D eigenvalue weighted by molar-refractivity contribution is 5.50. The van der Waals surface area contributed by atoms with E-state index in [4.69, 9.17) is 4.74 Å². The molecule has 0 bridgehead atoms. The molecule has 1 aromatic rings. The van der Waals surface area contributed by atoms with Crippen LogP contribution < -0.4 is 0 Å². The molecule has 0 atom stereocenters. The van der Waals surface area contributed by atoms with Gasteiger partial charge in [-0.3, -0.25) is 4.79 Å². The number of benzene rings is 1. The summed E-state index contributed by atoms with van der Waals surface area (Å²) in [5, 5.41) is 0. The van der Waals surface area contributed by atoms with Crippen LogP contribution >= 0.6 is 0 Å². The van der Waals surface area contributed by atoms with Crippen LogP contribution in [-0.4, -0.2) is 19.5 Å². The first-order chi connectivity index (χ1) is 6.93. The number of rotatable bonds is 7. The van der Waals surface area contributed by atoms with E-state index in [9.17, 15) is 4.79 Å². The molecule has 0 aliphatic rings. The van der Waals surface area contributed by atoms with Crippen LogP contribution in [0, 0.1) is 0 Å². The van der Waals surface area contributed by atoms with E-state index in [1.807, 2.05) is 24.5 Å². The predicted octanol–water partition coefficient (Wildman–Crippen LogP) is 2.14. The summed E-state index contributed by atoms with van der Waals surface area (Å²) in [5.74, 6) is 0. The summed E-state index contributed by atoms with van der Waals surface area (Å²) in [7, 11) is 0. The van der Waals surface area contributed by atoms with Crippen LogP contribution in [0.2, 0.25) is 0 Å². The van der Waals surface area contributed by atoms with Crippen LogP contribution in [0.3, 0.4) is 0 Å². The Morgan fingerprint density at radius 1 is 1.14 bits per heavy atom. The third-order valence-electron chi connectivity index (χ3n) is 1.95. The Bertz CT molecular complexity index is 244. The van der Waals surface area contributed by atoms with Crippen LogP contribution in [-0.2, 0) is 16.0 Å². The predicted molar refractivity (Wildman–Crippen MR) is 55.9 cm³/mol. The first kappa shape index (κ1) is 10.9. The van der Waals surface area contributed by atoms with E-state index in [1.54, 1.807) is 0 Å². The standard InChI is InChI=1S/C12H15O2/c13-9-4-5-10-14-11-8-12-6-2-1-3-7-12/h1-3,6-7H,4-5,8,10-11H2. The van der Waals surface area contributed by atoms with Gasteiger partial charge in [-0.15, -0.1) is 0 Å². The maximum absolute atomic E-state index is 9.88. The molecule has 0 fully saturated rings. The number of hydrogen-bond acceptors (Lipinski definition) is 2. The molecule has 0 aromatic heterocycles. The van der Waals surface area contributed by atoms with Gasteiger partial charge in [0.15, 0.2) is 6.29 Å². The molecule has 1 aromatic carbocycles.